The second-order valence-electron chi connectivity index (χ2n) is 7.04. The summed E-state index contributed by atoms with van der Waals surface area (Å²) in [5.74, 6) is 1.37. The number of benzene rings is 3. The average Bonchev–Trinajstić information content (AvgIpc) is 3.16. The second kappa shape index (κ2) is 7.91. The van der Waals surface area contributed by atoms with E-state index in [1.165, 1.54) is 12.7 Å². The number of hydrogen-bond donors (Lipinski definition) is 1. The number of aryl methyl sites for hydroxylation is 2. The minimum absolute atomic E-state index is 0.256. The van der Waals surface area contributed by atoms with Gasteiger partial charge in [-0.1, -0.05) is 17.7 Å². The maximum atomic E-state index is 12.7. The summed E-state index contributed by atoms with van der Waals surface area (Å²) in [7, 11) is 3.09. The second-order valence-corrected chi connectivity index (χ2v) is 7.04. The molecule has 3 aromatic carbocycles. The van der Waals surface area contributed by atoms with Crippen LogP contribution in [0.1, 0.15) is 21.5 Å². The summed E-state index contributed by atoms with van der Waals surface area (Å²) < 4.78 is 16.4. The molecule has 0 saturated carbocycles. The van der Waals surface area contributed by atoms with E-state index >= 15 is 0 Å². The standard InChI is InChI=1S/C24H22N2O4/c1-14-5-8-18(15(2)11-14)24-26-19-13-17(7-10-20(19)30-24)25-23(27)16-6-9-21(28-3)22(12-16)29-4/h5-13H,1-4H3,(H,25,27). The maximum absolute atomic E-state index is 12.7. The molecule has 6 nitrogen and oxygen atoms in total. The van der Waals surface area contributed by atoms with Gasteiger partial charge >= 0.3 is 0 Å². The van der Waals surface area contributed by atoms with Gasteiger partial charge in [-0.15, -0.1) is 0 Å². The van der Waals surface area contributed by atoms with Crippen LogP contribution in [-0.4, -0.2) is 25.1 Å². The van der Waals surface area contributed by atoms with Crippen molar-refractivity contribution in [1.82, 2.24) is 4.98 Å². The first-order valence-electron chi connectivity index (χ1n) is 9.50. The fraction of sp³-hybridized carbons (Fsp3) is 0.167. The Morgan fingerprint density at radius 1 is 0.933 bits per heavy atom. The molecule has 1 aromatic heterocycles. The summed E-state index contributed by atoms with van der Waals surface area (Å²) in [6, 6.07) is 16.6. The Morgan fingerprint density at radius 3 is 2.47 bits per heavy atom. The number of carbonyl (C=O) groups is 1. The lowest BCUT2D eigenvalue weighted by atomic mass is 10.1. The lowest BCUT2D eigenvalue weighted by Crippen LogP contribution is -2.12. The Bertz CT molecular complexity index is 1240. The van der Waals surface area contributed by atoms with Gasteiger partial charge in [-0.3, -0.25) is 4.79 Å². The molecule has 0 aliphatic carbocycles. The Labute approximate surface area is 174 Å². The van der Waals surface area contributed by atoms with Crippen LogP contribution in [0.5, 0.6) is 11.5 Å². The molecular formula is C24H22N2O4. The molecule has 1 N–H and O–H groups in total. The van der Waals surface area contributed by atoms with E-state index in [4.69, 9.17) is 13.9 Å². The SMILES string of the molecule is COc1ccc(C(=O)Nc2ccc3oc(-c4ccc(C)cc4C)nc3c2)cc1OC. The molecule has 152 valence electrons. The number of methoxy groups -OCH3 is 2. The van der Waals surface area contributed by atoms with Gasteiger partial charge in [0.1, 0.15) is 5.52 Å². The van der Waals surface area contributed by atoms with E-state index in [1.54, 1.807) is 43.5 Å². The highest BCUT2D eigenvalue weighted by molar-refractivity contribution is 6.05. The van der Waals surface area contributed by atoms with Crippen LogP contribution in [0.3, 0.4) is 0 Å². The number of rotatable bonds is 5. The number of fused-ring (bicyclic) bond motifs is 1. The number of nitrogens with one attached hydrogen (secondary N) is 1. The molecule has 0 aliphatic rings. The predicted molar refractivity (Wildman–Crippen MR) is 116 cm³/mol. The zero-order valence-corrected chi connectivity index (χ0v) is 17.3. The van der Waals surface area contributed by atoms with Crippen LogP contribution in [0.25, 0.3) is 22.6 Å². The van der Waals surface area contributed by atoms with Crippen molar-refractivity contribution in [3.63, 3.8) is 0 Å². The van der Waals surface area contributed by atoms with E-state index < -0.39 is 0 Å². The topological polar surface area (TPSA) is 73.6 Å². The Kier molecular flexibility index (Phi) is 5.14. The minimum atomic E-state index is -0.256. The van der Waals surface area contributed by atoms with Crippen LogP contribution in [0.2, 0.25) is 0 Å². The van der Waals surface area contributed by atoms with Crippen LogP contribution in [0, 0.1) is 13.8 Å². The minimum Gasteiger partial charge on any atom is -0.493 e. The molecule has 0 spiro atoms. The fourth-order valence-corrected chi connectivity index (χ4v) is 3.35. The summed E-state index contributed by atoms with van der Waals surface area (Å²) in [5.41, 5.74) is 5.67. The van der Waals surface area contributed by atoms with E-state index in [0.717, 1.165) is 11.1 Å². The van der Waals surface area contributed by atoms with Gasteiger partial charge in [0.15, 0.2) is 17.1 Å². The van der Waals surface area contributed by atoms with Crippen LogP contribution in [0.15, 0.2) is 59.0 Å². The average molecular weight is 402 g/mol. The van der Waals surface area contributed by atoms with Crippen molar-refractivity contribution in [3.05, 3.63) is 71.3 Å². The highest BCUT2D eigenvalue weighted by atomic mass is 16.5. The van der Waals surface area contributed by atoms with Crippen LogP contribution >= 0.6 is 0 Å². The monoisotopic (exact) mass is 402 g/mol. The fourth-order valence-electron chi connectivity index (χ4n) is 3.35. The molecule has 30 heavy (non-hydrogen) atoms. The molecule has 1 amide bonds. The lowest BCUT2D eigenvalue weighted by Gasteiger charge is -2.10. The van der Waals surface area contributed by atoms with Gasteiger partial charge in [0, 0.05) is 16.8 Å². The highest BCUT2D eigenvalue weighted by Crippen LogP contribution is 2.30. The van der Waals surface area contributed by atoms with Crippen molar-refractivity contribution >= 4 is 22.7 Å². The third kappa shape index (κ3) is 3.72. The number of oxazole rings is 1. The molecule has 0 saturated heterocycles. The zero-order valence-electron chi connectivity index (χ0n) is 17.3. The Balaban J connectivity index is 1.60. The first-order chi connectivity index (χ1) is 14.5. The number of anilines is 1. The van der Waals surface area contributed by atoms with Gasteiger partial charge < -0.3 is 19.2 Å². The number of nitrogens with zero attached hydrogens (tertiary/aromatic N) is 1. The first kappa shape index (κ1) is 19.5. The van der Waals surface area contributed by atoms with Crippen LogP contribution in [0.4, 0.5) is 5.69 Å². The van der Waals surface area contributed by atoms with Crippen molar-refractivity contribution in [2.75, 3.05) is 19.5 Å². The third-order valence-electron chi connectivity index (χ3n) is 4.90. The number of ether oxygens (including phenoxy) is 2. The number of hydrogen-bond acceptors (Lipinski definition) is 5. The lowest BCUT2D eigenvalue weighted by molar-refractivity contribution is 0.102. The van der Waals surface area contributed by atoms with E-state index in [1.807, 2.05) is 19.1 Å². The van der Waals surface area contributed by atoms with Gasteiger partial charge in [0.2, 0.25) is 5.89 Å². The predicted octanol–water partition coefficient (Wildman–Crippen LogP) is 5.38. The molecule has 0 fully saturated rings. The van der Waals surface area contributed by atoms with E-state index in [2.05, 4.69) is 23.3 Å². The number of amides is 1. The first-order valence-corrected chi connectivity index (χ1v) is 9.50. The summed E-state index contributed by atoms with van der Waals surface area (Å²) in [6.45, 7) is 4.09. The van der Waals surface area contributed by atoms with Crippen molar-refractivity contribution in [2.45, 2.75) is 13.8 Å². The summed E-state index contributed by atoms with van der Waals surface area (Å²) in [5, 5.41) is 2.89. The summed E-state index contributed by atoms with van der Waals surface area (Å²) in [4.78, 5) is 17.3. The van der Waals surface area contributed by atoms with Gasteiger partial charge in [0.05, 0.1) is 14.2 Å². The Hall–Kier alpha value is -3.80. The van der Waals surface area contributed by atoms with Gasteiger partial charge in [-0.05, 0) is 61.9 Å². The largest absolute Gasteiger partial charge is 0.493 e. The van der Waals surface area contributed by atoms with Crippen molar-refractivity contribution in [3.8, 4) is 23.0 Å². The zero-order chi connectivity index (χ0) is 21.3. The third-order valence-corrected chi connectivity index (χ3v) is 4.90. The number of carbonyl (C=O) groups excluding carboxylic acids is 1. The molecule has 0 radical (unpaired) electrons. The van der Waals surface area contributed by atoms with Gasteiger partial charge in [-0.25, -0.2) is 4.98 Å². The molecule has 0 unspecified atom stereocenters. The van der Waals surface area contributed by atoms with E-state index in [-0.39, 0.29) is 5.91 Å². The maximum Gasteiger partial charge on any atom is 0.255 e. The van der Waals surface area contributed by atoms with E-state index in [9.17, 15) is 4.79 Å². The Morgan fingerprint density at radius 2 is 1.73 bits per heavy atom. The number of aromatic nitrogens is 1. The van der Waals surface area contributed by atoms with Crippen molar-refractivity contribution in [2.24, 2.45) is 0 Å². The molecule has 6 heteroatoms. The van der Waals surface area contributed by atoms with Crippen LogP contribution in [-0.2, 0) is 0 Å². The molecule has 4 rings (SSSR count). The molecule has 1 heterocycles. The van der Waals surface area contributed by atoms with Gasteiger partial charge in [-0.2, -0.15) is 0 Å². The molecule has 0 atom stereocenters. The van der Waals surface area contributed by atoms with Crippen LogP contribution < -0.4 is 14.8 Å². The highest BCUT2D eigenvalue weighted by Gasteiger charge is 2.14. The normalized spacial score (nSPS) is 10.8. The molecule has 0 aliphatic heterocycles. The molecule has 0 bridgehead atoms. The van der Waals surface area contributed by atoms with E-state index in [0.29, 0.717) is 39.7 Å². The molecular weight excluding hydrogens is 380 g/mol. The summed E-state index contributed by atoms with van der Waals surface area (Å²) >= 11 is 0. The van der Waals surface area contributed by atoms with Gasteiger partial charge in [0.25, 0.3) is 5.91 Å². The smallest absolute Gasteiger partial charge is 0.255 e. The van der Waals surface area contributed by atoms with Crippen molar-refractivity contribution in [1.29, 1.82) is 0 Å². The quantitative estimate of drug-likeness (QED) is 0.485. The summed E-state index contributed by atoms with van der Waals surface area (Å²) in [6.07, 6.45) is 0. The van der Waals surface area contributed by atoms with Crippen molar-refractivity contribution < 1.29 is 18.7 Å². The molecule has 4 aromatic rings.